The lowest BCUT2D eigenvalue weighted by Crippen LogP contribution is -2.21. The summed E-state index contributed by atoms with van der Waals surface area (Å²) in [4.78, 5) is 14.0. The molecule has 0 spiro atoms. The summed E-state index contributed by atoms with van der Waals surface area (Å²) >= 11 is 1.66. The van der Waals surface area contributed by atoms with Crippen LogP contribution in [0.2, 0.25) is 0 Å². The van der Waals surface area contributed by atoms with Gasteiger partial charge in [-0.2, -0.15) is 0 Å². The van der Waals surface area contributed by atoms with E-state index in [9.17, 15) is 4.79 Å². The molecular weight excluding hydrogens is 406 g/mol. The number of nitrogens with zero attached hydrogens (tertiary/aromatic N) is 1. The van der Waals surface area contributed by atoms with Crippen LogP contribution >= 0.6 is 11.8 Å². The van der Waals surface area contributed by atoms with Crippen LogP contribution in [0.15, 0.2) is 83.9 Å². The number of esters is 1. The lowest BCUT2D eigenvalue weighted by molar-refractivity contribution is 0.0363. The summed E-state index contributed by atoms with van der Waals surface area (Å²) in [5.74, 6) is 1.27. The molecule has 1 atom stereocenters. The first-order valence-electron chi connectivity index (χ1n) is 10.3. The fraction of sp³-hybridized carbons (Fsp3) is 0.192. The zero-order valence-electron chi connectivity index (χ0n) is 17.3. The number of ether oxygens (including phenoxy) is 2. The van der Waals surface area contributed by atoms with Crippen molar-refractivity contribution in [3.05, 3.63) is 95.7 Å². The number of thioether (sulfide) groups is 1. The number of para-hydroxylation sites is 1. The Balaban J connectivity index is 1.44. The zero-order chi connectivity index (χ0) is 21.2. The Morgan fingerprint density at radius 1 is 1.03 bits per heavy atom. The van der Waals surface area contributed by atoms with Crippen LogP contribution in [-0.2, 0) is 17.7 Å². The van der Waals surface area contributed by atoms with Crippen LogP contribution < -0.4 is 4.74 Å². The van der Waals surface area contributed by atoms with Gasteiger partial charge < -0.3 is 14.0 Å². The molecule has 0 fully saturated rings. The first-order valence-corrected chi connectivity index (χ1v) is 11.3. The average Bonchev–Trinajstić information content (AvgIpc) is 3.08. The van der Waals surface area contributed by atoms with Gasteiger partial charge in [-0.3, -0.25) is 0 Å². The van der Waals surface area contributed by atoms with Crippen LogP contribution in [0.3, 0.4) is 0 Å². The number of carbonyl (C=O) groups excluding carboxylic acids is 1. The van der Waals surface area contributed by atoms with E-state index < -0.39 is 0 Å². The standard InChI is InChI=1S/C26H23NO3S/c1-29-23-12-5-6-13-24(23)31-17-20-14-19-16-27(15-18-8-3-2-4-9-18)22-11-7-10-21(25(19)22)26(28)30-20/h2-13,16,20H,14-15,17H2,1H3. The van der Waals surface area contributed by atoms with Gasteiger partial charge in [0.25, 0.3) is 0 Å². The van der Waals surface area contributed by atoms with Gasteiger partial charge in [-0.05, 0) is 35.4 Å². The molecule has 0 bridgehead atoms. The van der Waals surface area contributed by atoms with Crippen molar-refractivity contribution in [3.8, 4) is 5.75 Å². The minimum Gasteiger partial charge on any atom is -0.496 e. The van der Waals surface area contributed by atoms with Gasteiger partial charge >= 0.3 is 5.97 Å². The lowest BCUT2D eigenvalue weighted by atomic mass is 10.0. The molecule has 4 aromatic rings. The zero-order valence-corrected chi connectivity index (χ0v) is 18.1. The highest BCUT2D eigenvalue weighted by molar-refractivity contribution is 7.99. The second kappa shape index (κ2) is 8.52. The monoisotopic (exact) mass is 429 g/mol. The summed E-state index contributed by atoms with van der Waals surface area (Å²) in [6.07, 6.45) is 2.68. The minimum absolute atomic E-state index is 0.203. The van der Waals surface area contributed by atoms with E-state index in [1.807, 2.05) is 42.5 Å². The van der Waals surface area contributed by atoms with Crippen molar-refractivity contribution < 1.29 is 14.3 Å². The van der Waals surface area contributed by atoms with Gasteiger partial charge in [0.1, 0.15) is 11.9 Å². The first-order chi connectivity index (χ1) is 15.2. The summed E-state index contributed by atoms with van der Waals surface area (Å²) < 4.78 is 13.6. The fourth-order valence-corrected chi connectivity index (χ4v) is 5.21. The van der Waals surface area contributed by atoms with Crippen molar-refractivity contribution in [3.63, 3.8) is 0 Å². The van der Waals surface area contributed by atoms with Crippen LogP contribution in [0.1, 0.15) is 21.5 Å². The Morgan fingerprint density at radius 2 is 1.84 bits per heavy atom. The average molecular weight is 430 g/mol. The SMILES string of the molecule is COc1ccccc1SCC1Cc2cn(Cc3ccccc3)c3cccc(c23)C(=O)O1. The Morgan fingerprint density at radius 3 is 2.68 bits per heavy atom. The molecule has 0 N–H and O–H groups in total. The van der Waals surface area contributed by atoms with E-state index in [0.717, 1.165) is 33.7 Å². The largest absolute Gasteiger partial charge is 0.496 e. The van der Waals surface area contributed by atoms with Crippen LogP contribution in [0, 0.1) is 0 Å². The predicted octanol–water partition coefficient (Wildman–Crippen LogP) is 5.57. The van der Waals surface area contributed by atoms with Gasteiger partial charge in [-0.15, -0.1) is 11.8 Å². The molecule has 1 unspecified atom stereocenters. The van der Waals surface area contributed by atoms with Crippen molar-refractivity contribution >= 4 is 28.6 Å². The second-order valence-electron chi connectivity index (χ2n) is 7.66. The highest BCUT2D eigenvalue weighted by Gasteiger charge is 2.27. The lowest BCUT2D eigenvalue weighted by Gasteiger charge is -2.16. The number of benzene rings is 3. The maximum atomic E-state index is 12.9. The third-order valence-electron chi connectivity index (χ3n) is 5.62. The van der Waals surface area contributed by atoms with Gasteiger partial charge in [0.15, 0.2) is 0 Å². The molecule has 5 rings (SSSR count). The molecule has 2 heterocycles. The molecule has 1 aromatic heterocycles. The smallest absolute Gasteiger partial charge is 0.339 e. The Labute approximate surface area is 185 Å². The normalized spacial score (nSPS) is 15.5. The Bertz CT molecular complexity index is 1230. The van der Waals surface area contributed by atoms with Crippen molar-refractivity contribution in [2.45, 2.75) is 24.0 Å². The second-order valence-corrected chi connectivity index (χ2v) is 8.72. The Kier molecular flexibility index (Phi) is 5.43. The molecular formula is C26H23NO3S. The third-order valence-corrected chi connectivity index (χ3v) is 6.80. The van der Waals surface area contributed by atoms with Gasteiger partial charge in [0.05, 0.1) is 12.7 Å². The number of carbonyl (C=O) groups is 1. The molecule has 1 aliphatic heterocycles. The molecule has 31 heavy (non-hydrogen) atoms. The molecule has 0 saturated heterocycles. The molecule has 0 aliphatic carbocycles. The van der Waals surface area contributed by atoms with Crippen LogP contribution in [0.25, 0.3) is 10.9 Å². The van der Waals surface area contributed by atoms with E-state index in [2.05, 4.69) is 41.1 Å². The summed E-state index contributed by atoms with van der Waals surface area (Å²) in [6.45, 7) is 0.774. The highest BCUT2D eigenvalue weighted by Crippen LogP contribution is 2.34. The molecule has 4 nitrogen and oxygen atoms in total. The minimum atomic E-state index is -0.243. The van der Waals surface area contributed by atoms with Crippen molar-refractivity contribution in [2.75, 3.05) is 12.9 Å². The van der Waals surface area contributed by atoms with Crippen LogP contribution in [-0.4, -0.2) is 29.5 Å². The maximum Gasteiger partial charge on any atom is 0.339 e. The van der Waals surface area contributed by atoms with Crippen molar-refractivity contribution in [2.24, 2.45) is 0 Å². The van der Waals surface area contributed by atoms with E-state index in [1.165, 1.54) is 5.56 Å². The number of cyclic esters (lactones) is 1. The molecule has 5 heteroatoms. The maximum absolute atomic E-state index is 12.9. The first kappa shape index (κ1) is 19.8. The van der Waals surface area contributed by atoms with E-state index in [-0.39, 0.29) is 12.1 Å². The fourth-order valence-electron chi connectivity index (χ4n) is 4.19. The van der Waals surface area contributed by atoms with E-state index in [4.69, 9.17) is 9.47 Å². The van der Waals surface area contributed by atoms with Crippen molar-refractivity contribution in [1.29, 1.82) is 0 Å². The molecule has 0 radical (unpaired) electrons. The van der Waals surface area contributed by atoms with Crippen molar-refractivity contribution in [1.82, 2.24) is 4.57 Å². The van der Waals surface area contributed by atoms with Gasteiger partial charge in [-0.1, -0.05) is 48.5 Å². The van der Waals surface area contributed by atoms with E-state index in [0.29, 0.717) is 17.7 Å². The van der Waals surface area contributed by atoms with Crippen LogP contribution in [0.5, 0.6) is 5.75 Å². The number of methoxy groups -OCH3 is 1. The number of hydrogen-bond donors (Lipinski definition) is 0. The summed E-state index contributed by atoms with van der Waals surface area (Å²) in [6, 6.07) is 24.2. The molecule has 1 aliphatic rings. The molecule has 3 aromatic carbocycles. The van der Waals surface area contributed by atoms with Gasteiger partial charge in [0, 0.05) is 40.7 Å². The van der Waals surface area contributed by atoms with Crippen LogP contribution in [0.4, 0.5) is 0 Å². The number of rotatable bonds is 6. The summed E-state index contributed by atoms with van der Waals surface area (Å²) in [5.41, 5.74) is 4.13. The number of hydrogen-bond acceptors (Lipinski definition) is 4. The van der Waals surface area contributed by atoms with E-state index in [1.54, 1.807) is 18.9 Å². The molecule has 0 amide bonds. The highest BCUT2D eigenvalue weighted by atomic mass is 32.2. The Hall–Kier alpha value is -3.18. The predicted molar refractivity (Wildman–Crippen MR) is 124 cm³/mol. The third kappa shape index (κ3) is 3.93. The van der Waals surface area contributed by atoms with Gasteiger partial charge in [0.2, 0.25) is 0 Å². The molecule has 156 valence electrons. The quantitative estimate of drug-likeness (QED) is 0.297. The summed E-state index contributed by atoms with van der Waals surface area (Å²) in [5, 5.41) is 1.02. The number of aromatic nitrogens is 1. The summed E-state index contributed by atoms with van der Waals surface area (Å²) in [7, 11) is 1.67. The topological polar surface area (TPSA) is 40.5 Å². The van der Waals surface area contributed by atoms with Gasteiger partial charge in [-0.25, -0.2) is 4.79 Å². The van der Waals surface area contributed by atoms with E-state index >= 15 is 0 Å². The molecule has 0 saturated carbocycles.